The van der Waals surface area contributed by atoms with Crippen LogP contribution < -0.4 is 5.73 Å². The highest BCUT2D eigenvalue weighted by Gasteiger charge is 2.21. The molecule has 5 nitrogen and oxygen atoms in total. The Labute approximate surface area is 83.3 Å². The van der Waals surface area contributed by atoms with Gasteiger partial charge in [0, 0.05) is 5.56 Å². The van der Waals surface area contributed by atoms with Gasteiger partial charge in [-0.25, -0.2) is 9.37 Å². The van der Waals surface area contributed by atoms with E-state index < -0.39 is 17.8 Å². The van der Waals surface area contributed by atoms with Gasteiger partial charge in [0.05, 0.1) is 0 Å². The molecular weight excluding hydrogens is 203 g/mol. The minimum Gasteiger partial charge on any atom is -0.480 e. The fourth-order valence-electron chi connectivity index (χ4n) is 1.28. The molecule has 78 valence electrons. The summed E-state index contributed by atoms with van der Waals surface area (Å²) >= 11 is 0. The average Bonchev–Trinajstić information content (AvgIpc) is 2.66. The second kappa shape index (κ2) is 3.32. The topological polar surface area (TPSA) is 89.4 Å². The molecule has 1 unspecified atom stereocenters. The lowest BCUT2D eigenvalue weighted by Crippen LogP contribution is -2.21. The molecular formula is C9H7FN2O3. The summed E-state index contributed by atoms with van der Waals surface area (Å²) in [4.78, 5) is 14.3. The van der Waals surface area contributed by atoms with E-state index in [1.807, 2.05) is 0 Å². The molecule has 0 saturated heterocycles. The summed E-state index contributed by atoms with van der Waals surface area (Å²) in [7, 11) is 0. The number of halogens is 1. The molecule has 0 spiro atoms. The smallest absolute Gasteiger partial charge is 0.325 e. The predicted octanol–water partition coefficient (Wildman–Crippen LogP) is 1.05. The summed E-state index contributed by atoms with van der Waals surface area (Å²) in [6.07, 6.45) is 1.09. The highest BCUT2D eigenvalue weighted by atomic mass is 19.1. The standard InChI is InChI=1S/C9H7FN2O3/c10-6-4(7(11)9(13)14)1-2-5-8(6)15-3-12-5/h1-3,7H,11H2,(H,13,14). The molecule has 2 rings (SSSR count). The summed E-state index contributed by atoms with van der Waals surface area (Å²) in [5.74, 6) is -2.08. The molecule has 6 heteroatoms. The molecule has 1 heterocycles. The number of nitrogens with zero attached hydrogens (tertiary/aromatic N) is 1. The van der Waals surface area contributed by atoms with E-state index in [1.165, 1.54) is 12.1 Å². The highest BCUT2D eigenvalue weighted by molar-refractivity contribution is 5.79. The molecule has 0 bridgehead atoms. The maximum Gasteiger partial charge on any atom is 0.325 e. The first-order valence-corrected chi connectivity index (χ1v) is 4.11. The Kier molecular flexibility index (Phi) is 2.12. The third-order valence-corrected chi connectivity index (χ3v) is 2.07. The molecule has 0 saturated carbocycles. The molecule has 0 aliphatic carbocycles. The molecule has 1 aromatic heterocycles. The number of aliphatic carboxylic acids is 1. The van der Waals surface area contributed by atoms with Crippen LogP contribution in [-0.4, -0.2) is 16.1 Å². The highest BCUT2D eigenvalue weighted by Crippen LogP contribution is 2.23. The van der Waals surface area contributed by atoms with Crippen LogP contribution in [0.15, 0.2) is 22.9 Å². The number of nitrogens with two attached hydrogens (primary N) is 1. The zero-order valence-electron chi connectivity index (χ0n) is 7.48. The Balaban J connectivity index is 2.62. The van der Waals surface area contributed by atoms with Crippen LogP contribution in [-0.2, 0) is 4.79 Å². The van der Waals surface area contributed by atoms with Crippen molar-refractivity contribution in [2.24, 2.45) is 5.73 Å². The Morgan fingerprint density at radius 2 is 2.33 bits per heavy atom. The van der Waals surface area contributed by atoms with Gasteiger partial charge in [0.1, 0.15) is 11.6 Å². The number of aromatic nitrogens is 1. The lowest BCUT2D eigenvalue weighted by Gasteiger charge is -2.07. The van der Waals surface area contributed by atoms with Gasteiger partial charge in [0.2, 0.25) is 0 Å². The third-order valence-electron chi connectivity index (χ3n) is 2.07. The van der Waals surface area contributed by atoms with Crippen molar-refractivity contribution in [1.29, 1.82) is 0 Å². The van der Waals surface area contributed by atoms with E-state index in [0.29, 0.717) is 5.52 Å². The van der Waals surface area contributed by atoms with Gasteiger partial charge in [0.15, 0.2) is 17.8 Å². The third kappa shape index (κ3) is 1.44. The van der Waals surface area contributed by atoms with Gasteiger partial charge in [-0.3, -0.25) is 4.79 Å². The van der Waals surface area contributed by atoms with Crippen LogP contribution in [0.1, 0.15) is 11.6 Å². The molecule has 15 heavy (non-hydrogen) atoms. The molecule has 0 aliphatic rings. The largest absolute Gasteiger partial charge is 0.480 e. The number of fused-ring (bicyclic) bond motifs is 1. The molecule has 0 aliphatic heterocycles. The van der Waals surface area contributed by atoms with Crippen molar-refractivity contribution in [2.75, 3.05) is 0 Å². The first kappa shape index (κ1) is 9.60. The molecule has 3 N–H and O–H groups in total. The zero-order chi connectivity index (χ0) is 11.0. The van der Waals surface area contributed by atoms with Crippen molar-refractivity contribution in [2.45, 2.75) is 6.04 Å². The second-order valence-electron chi connectivity index (χ2n) is 2.99. The van der Waals surface area contributed by atoms with Crippen LogP contribution in [0.5, 0.6) is 0 Å². The van der Waals surface area contributed by atoms with Crippen LogP contribution in [0.4, 0.5) is 4.39 Å². The van der Waals surface area contributed by atoms with Crippen LogP contribution in [0, 0.1) is 5.82 Å². The summed E-state index contributed by atoms with van der Waals surface area (Å²) in [5, 5.41) is 8.64. The summed E-state index contributed by atoms with van der Waals surface area (Å²) in [5.41, 5.74) is 5.43. The van der Waals surface area contributed by atoms with Crippen molar-refractivity contribution >= 4 is 17.1 Å². The minimum absolute atomic E-state index is 0.0794. The van der Waals surface area contributed by atoms with Gasteiger partial charge in [0.25, 0.3) is 0 Å². The van der Waals surface area contributed by atoms with Gasteiger partial charge in [-0.15, -0.1) is 0 Å². The van der Waals surface area contributed by atoms with E-state index in [0.717, 1.165) is 6.39 Å². The number of benzene rings is 1. The first-order chi connectivity index (χ1) is 7.11. The Hall–Kier alpha value is -1.95. The number of hydrogen-bond donors (Lipinski definition) is 2. The van der Waals surface area contributed by atoms with Crippen molar-refractivity contribution in [1.82, 2.24) is 4.98 Å². The van der Waals surface area contributed by atoms with E-state index >= 15 is 0 Å². The van der Waals surface area contributed by atoms with Gasteiger partial charge < -0.3 is 15.3 Å². The minimum atomic E-state index is -1.40. The molecule has 1 atom stereocenters. The van der Waals surface area contributed by atoms with E-state index in [1.54, 1.807) is 0 Å². The Bertz CT molecular complexity index is 523. The lowest BCUT2D eigenvalue weighted by molar-refractivity contribution is -0.138. The Morgan fingerprint density at radius 1 is 1.60 bits per heavy atom. The molecule has 0 radical (unpaired) electrons. The number of carboxylic acid groups (broad SMARTS) is 1. The van der Waals surface area contributed by atoms with Gasteiger partial charge in [-0.05, 0) is 6.07 Å². The number of carbonyl (C=O) groups is 1. The number of hydrogen-bond acceptors (Lipinski definition) is 4. The fraction of sp³-hybridized carbons (Fsp3) is 0.111. The number of rotatable bonds is 2. The van der Waals surface area contributed by atoms with Crippen LogP contribution in [0.25, 0.3) is 11.1 Å². The SMILES string of the molecule is NC(C(=O)O)c1ccc2ncoc2c1F. The maximum absolute atomic E-state index is 13.6. The van der Waals surface area contributed by atoms with E-state index in [2.05, 4.69) is 4.98 Å². The van der Waals surface area contributed by atoms with Crippen molar-refractivity contribution in [3.63, 3.8) is 0 Å². The monoisotopic (exact) mass is 210 g/mol. The Morgan fingerprint density at radius 3 is 3.00 bits per heavy atom. The number of oxazole rings is 1. The summed E-state index contributed by atoms with van der Waals surface area (Å²) in [6, 6.07) is 1.35. The van der Waals surface area contributed by atoms with E-state index in [9.17, 15) is 9.18 Å². The van der Waals surface area contributed by atoms with Gasteiger partial charge >= 0.3 is 5.97 Å². The van der Waals surface area contributed by atoms with Crippen LogP contribution in [0.2, 0.25) is 0 Å². The number of carboxylic acids is 1. The maximum atomic E-state index is 13.6. The molecule has 0 fully saturated rings. The van der Waals surface area contributed by atoms with Crippen LogP contribution >= 0.6 is 0 Å². The predicted molar refractivity (Wildman–Crippen MR) is 48.5 cm³/mol. The average molecular weight is 210 g/mol. The first-order valence-electron chi connectivity index (χ1n) is 4.11. The summed E-state index contributed by atoms with van der Waals surface area (Å²) < 4.78 is 18.4. The van der Waals surface area contributed by atoms with Crippen molar-refractivity contribution < 1.29 is 18.7 Å². The molecule has 1 aromatic carbocycles. The van der Waals surface area contributed by atoms with Crippen molar-refractivity contribution in [3.8, 4) is 0 Å². The normalized spacial score (nSPS) is 12.9. The summed E-state index contributed by atoms with van der Waals surface area (Å²) in [6.45, 7) is 0. The quantitative estimate of drug-likeness (QED) is 0.773. The van der Waals surface area contributed by atoms with Crippen molar-refractivity contribution in [3.05, 3.63) is 29.9 Å². The zero-order valence-corrected chi connectivity index (χ0v) is 7.48. The van der Waals surface area contributed by atoms with Gasteiger partial charge in [-0.1, -0.05) is 6.07 Å². The molecule has 0 amide bonds. The second-order valence-corrected chi connectivity index (χ2v) is 2.99. The van der Waals surface area contributed by atoms with E-state index in [4.69, 9.17) is 15.3 Å². The van der Waals surface area contributed by atoms with Gasteiger partial charge in [-0.2, -0.15) is 0 Å². The molecule has 2 aromatic rings. The lowest BCUT2D eigenvalue weighted by atomic mass is 10.1. The van der Waals surface area contributed by atoms with E-state index in [-0.39, 0.29) is 11.1 Å². The van der Waals surface area contributed by atoms with Crippen LogP contribution in [0.3, 0.4) is 0 Å². The fourth-order valence-corrected chi connectivity index (χ4v) is 1.28.